The molecule has 0 aliphatic carbocycles. The van der Waals surface area contributed by atoms with Crippen LogP contribution in [0.1, 0.15) is 18.9 Å². The number of aliphatic hydroxyl groups is 1. The molecule has 0 radical (unpaired) electrons. The van der Waals surface area contributed by atoms with Crippen molar-refractivity contribution in [1.82, 2.24) is 0 Å². The Morgan fingerprint density at radius 2 is 1.75 bits per heavy atom. The summed E-state index contributed by atoms with van der Waals surface area (Å²) < 4.78 is 0. The molecule has 0 aliphatic rings. The molecule has 2 rings (SSSR count). The van der Waals surface area contributed by atoms with Crippen LogP contribution < -0.4 is 0 Å². The van der Waals surface area contributed by atoms with E-state index in [1.807, 2.05) is 18.2 Å². The van der Waals surface area contributed by atoms with Crippen molar-refractivity contribution in [2.75, 3.05) is 0 Å². The molecule has 0 fully saturated rings. The third-order valence-corrected chi connectivity index (χ3v) is 2.74. The highest BCUT2D eigenvalue weighted by atomic mass is 16.3. The highest BCUT2D eigenvalue weighted by Crippen LogP contribution is 2.21. The lowest BCUT2D eigenvalue weighted by molar-refractivity contribution is 0.185. The van der Waals surface area contributed by atoms with Gasteiger partial charge in [-0.1, -0.05) is 24.3 Å². The number of aliphatic hydroxyl groups excluding tert-OH is 1. The van der Waals surface area contributed by atoms with Crippen molar-refractivity contribution in [2.24, 2.45) is 0 Å². The van der Waals surface area contributed by atoms with Gasteiger partial charge in [-0.05, 0) is 48.2 Å². The van der Waals surface area contributed by atoms with Gasteiger partial charge in [-0.2, -0.15) is 0 Å². The zero-order valence-electron chi connectivity index (χ0n) is 9.35. The molecule has 0 amide bonds. The Morgan fingerprint density at radius 3 is 2.50 bits per heavy atom. The molecule has 84 valence electrons. The van der Waals surface area contributed by atoms with E-state index < -0.39 is 0 Å². The number of phenols is 1. The number of benzene rings is 2. The second-order valence-electron chi connectivity index (χ2n) is 4.25. The predicted octanol–water partition coefficient (Wildman–Crippen LogP) is 2.86. The van der Waals surface area contributed by atoms with Crippen LogP contribution in [-0.2, 0) is 6.42 Å². The molecule has 1 atom stereocenters. The Labute approximate surface area is 95.2 Å². The van der Waals surface area contributed by atoms with Gasteiger partial charge in [0.05, 0.1) is 6.10 Å². The first-order valence-corrected chi connectivity index (χ1v) is 5.55. The fourth-order valence-corrected chi connectivity index (χ4v) is 1.81. The summed E-state index contributed by atoms with van der Waals surface area (Å²) in [7, 11) is 0. The van der Waals surface area contributed by atoms with E-state index in [9.17, 15) is 10.2 Å². The first-order chi connectivity index (χ1) is 7.65. The number of rotatable bonds is 3. The molecule has 2 nitrogen and oxygen atoms in total. The van der Waals surface area contributed by atoms with Gasteiger partial charge in [-0.15, -0.1) is 0 Å². The normalized spacial score (nSPS) is 12.9. The molecule has 0 spiro atoms. The quantitative estimate of drug-likeness (QED) is 0.828. The van der Waals surface area contributed by atoms with Crippen LogP contribution in [-0.4, -0.2) is 16.3 Å². The van der Waals surface area contributed by atoms with Gasteiger partial charge in [-0.3, -0.25) is 0 Å². The Bertz CT molecular complexity index is 489. The van der Waals surface area contributed by atoms with Crippen molar-refractivity contribution >= 4 is 10.8 Å². The third kappa shape index (κ3) is 2.52. The minimum atomic E-state index is -0.254. The van der Waals surface area contributed by atoms with Gasteiger partial charge in [0.1, 0.15) is 5.75 Å². The average molecular weight is 216 g/mol. The van der Waals surface area contributed by atoms with Crippen LogP contribution >= 0.6 is 0 Å². The van der Waals surface area contributed by atoms with Crippen LogP contribution in [0.5, 0.6) is 5.75 Å². The summed E-state index contributed by atoms with van der Waals surface area (Å²) in [5, 5.41) is 20.7. The van der Waals surface area contributed by atoms with Gasteiger partial charge in [0.15, 0.2) is 0 Å². The monoisotopic (exact) mass is 216 g/mol. The maximum Gasteiger partial charge on any atom is 0.116 e. The zero-order valence-corrected chi connectivity index (χ0v) is 9.35. The highest BCUT2D eigenvalue weighted by Gasteiger charge is 2.00. The molecule has 0 unspecified atom stereocenters. The summed E-state index contributed by atoms with van der Waals surface area (Å²) in [5.74, 6) is 0.296. The number of hydrogen-bond donors (Lipinski definition) is 2. The maximum absolute atomic E-state index is 9.34. The Balaban J connectivity index is 2.26. The molecule has 2 heteroatoms. The minimum Gasteiger partial charge on any atom is -0.508 e. The van der Waals surface area contributed by atoms with E-state index >= 15 is 0 Å². The van der Waals surface area contributed by atoms with Crippen molar-refractivity contribution in [1.29, 1.82) is 0 Å². The van der Waals surface area contributed by atoms with E-state index in [2.05, 4.69) is 6.07 Å². The third-order valence-electron chi connectivity index (χ3n) is 2.74. The largest absolute Gasteiger partial charge is 0.508 e. The first kappa shape index (κ1) is 11.0. The van der Waals surface area contributed by atoms with Crippen LogP contribution in [0.25, 0.3) is 10.8 Å². The van der Waals surface area contributed by atoms with Crippen LogP contribution in [0, 0.1) is 0 Å². The Hall–Kier alpha value is -1.54. The smallest absolute Gasteiger partial charge is 0.116 e. The number of phenolic OH excluding ortho intramolecular Hbond substituents is 1. The summed E-state index contributed by atoms with van der Waals surface area (Å²) >= 11 is 0. The zero-order chi connectivity index (χ0) is 11.5. The Morgan fingerprint density at radius 1 is 1.06 bits per heavy atom. The number of hydrogen-bond acceptors (Lipinski definition) is 2. The molecular weight excluding hydrogens is 200 g/mol. The molecule has 2 aromatic rings. The lowest BCUT2D eigenvalue weighted by atomic mass is 10.0. The molecule has 0 bridgehead atoms. The van der Waals surface area contributed by atoms with Crippen LogP contribution in [0.3, 0.4) is 0 Å². The summed E-state index contributed by atoms with van der Waals surface area (Å²) in [6, 6.07) is 11.5. The lowest BCUT2D eigenvalue weighted by Crippen LogP contribution is -2.01. The summed E-state index contributed by atoms with van der Waals surface area (Å²) in [6.45, 7) is 1.80. The molecule has 0 saturated heterocycles. The van der Waals surface area contributed by atoms with Crippen molar-refractivity contribution in [3.05, 3.63) is 42.0 Å². The fourth-order valence-electron chi connectivity index (χ4n) is 1.81. The SMILES string of the molecule is C[C@H](O)CCc1ccc2cc(O)ccc2c1. The number of fused-ring (bicyclic) bond motifs is 1. The van der Waals surface area contributed by atoms with Crippen LogP contribution in [0.4, 0.5) is 0 Å². The summed E-state index contributed by atoms with van der Waals surface area (Å²) in [5.41, 5.74) is 1.22. The van der Waals surface area contributed by atoms with Gasteiger partial charge in [0, 0.05) is 0 Å². The first-order valence-electron chi connectivity index (χ1n) is 5.55. The van der Waals surface area contributed by atoms with Gasteiger partial charge >= 0.3 is 0 Å². The van der Waals surface area contributed by atoms with Crippen LogP contribution in [0.15, 0.2) is 36.4 Å². The van der Waals surface area contributed by atoms with E-state index in [4.69, 9.17) is 0 Å². The van der Waals surface area contributed by atoms with E-state index in [0.29, 0.717) is 5.75 Å². The van der Waals surface area contributed by atoms with Gasteiger partial charge < -0.3 is 10.2 Å². The summed E-state index contributed by atoms with van der Waals surface area (Å²) in [4.78, 5) is 0. The molecule has 0 aromatic heterocycles. The van der Waals surface area contributed by atoms with Crippen LogP contribution in [0.2, 0.25) is 0 Å². The number of aromatic hydroxyl groups is 1. The average Bonchev–Trinajstić information content (AvgIpc) is 2.26. The van der Waals surface area contributed by atoms with Crippen molar-refractivity contribution in [3.63, 3.8) is 0 Å². The van der Waals surface area contributed by atoms with E-state index in [-0.39, 0.29) is 6.10 Å². The molecule has 0 heterocycles. The van der Waals surface area contributed by atoms with E-state index in [1.165, 1.54) is 5.56 Å². The lowest BCUT2D eigenvalue weighted by Gasteiger charge is -2.06. The van der Waals surface area contributed by atoms with Gasteiger partial charge in [0.2, 0.25) is 0 Å². The second-order valence-corrected chi connectivity index (χ2v) is 4.25. The Kier molecular flexibility index (Phi) is 3.11. The van der Waals surface area contributed by atoms with E-state index in [1.54, 1.807) is 19.1 Å². The van der Waals surface area contributed by atoms with Gasteiger partial charge in [0.25, 0.3) is 0 Å². The van der Waals surface area contributed by atoms with Crippen molar-refractivity contribution in [2.45, 2.75) is 25.9 Å². The van der Waals surface area contributed by atoms with Gasteiger partial charge in [-0.25, -0.2) is 0 Å². The second kappa shape index (κ2) is 4.54. The topological polar surface area (TPSA) is 40.5 Å². The summed E-state index contributed by atoms with van der Waals surface area (Å²) in [6.07, 6.45) is 1.41. The molecule has 2 N–H and O–H groups in total. The fraction of sp³-hybridized carbons (Fsp3) is 0.286. The molecule has 0 aliphatic heterocycles. The molecular formula is C14H16O2. The highest BCUT2D eigenvalue weighted by molar-refractivity contribution is 5.84. The molecule has 0 saturated carbocycles. The van der Waals surface area contributed by atoms with Crippen molar-refractivity contribution < 1.29 is 10.2 Å². The predicted molar refractivity (Wildman–Crippen MR) is 65.6 cm³/mol. The molecule has 2 aromatic carbocycles. The van der Waals surface area contributed by atoms with E-state index in [0.717, 1.165) is 23.6 Å². The standard InChI is InChI=1S/C14H16O2/c1-10(15)2-3-11-4-5-13-9-14(16)7-6-12(13)8-11/h4-10,15-16H,2-3H2,1H3/t10-/m0/s1. The maximum atomic E-state index is 9.34. The minimum absolute atomic E-state index is 0.254. The molecule has 16 heavy (non-hydrogen) atoms. The number of aryl methyl sites for hydroxylation is 1. The van der Waals surface area contributed by atoms with Crippen molar-refractivity contribution in [3.8, 4) is 5.75 Å².